The first-order chi connectivity index (χ1) is 13.5. The zero-order valence-corrected chi connectivity index (χ0v) is 15.6. The van der Waals surface area contributed by atoms with E-state index in [1.807, 2.05) is 36.1 Å². The third-order valence-corrected chi connectivity index (χ3v) is 6.12. The standard InChI is InChI=1S/C21H22N4O3/c1-12-22-16-6-5-13(8-17(16)23-12)21(28)24-9-14-7-15(10-24)19(11-26)25-18(14)3-2-4-20(25)27/h2-6,8,14-15,19,26H,7,9-11H2,1H3,(H,22,23)/t14-,15+,19+/m1/s1. The van der Waals surface area contributed by atoms with Gasteiger partial charge in [-0.3, -0.25) is 9.59 Å². The van der Waals surface area contributed by atoms with Crippen LogP contribution in [-0.2, 0) is 0 Å². The highest BCUT2D eigenvalue weighted by Crippen LogP contribution is 2.41. The Morgan fingerprint density at radius 1 is 1.29 bits per heavy atom. The summed E-state index contributed by atoms with van der Waals surface area (Å²) in [6.45, 7) is 2.91. The zero-order chi connectivity index (χ0) is 19.4. The average molecular weight is 378 g/mol. The lowest BCUT2D eigenvalue weighted by Crippen LogP contribution is -2.51. The van der Waals surface area contributed by atoms with Gasteiger partial charge in [-0.1, -0.05) is 6.07 Å². The molecule has 0 aliphatic carbocycles. The molecule has 1 fully saturated rings. The molecule has 0 saturated carbocycles. The first-order valence-electron chi connectivity index (χ1n) is 9.63. The van der Waals surface area contributed by atoms with E-state index in [1.54, 1.807) is 10.6 Å². The highest BCUT2D eigenvalue weighted by molar-refractivity contribution is 5.97. The summed E-state index contributed by atoms with van der Waals surface area (Å²) in [7, 11) is 0. The minimum atomic E-state index is -0.284. The van der Waals surface area contributed by atoms with Gasteiger partial charge in [0.2, 0.25) is 0 Å². The van der Waals surface area contributed by atoms with Gasteiger partial charge in [-0.2, -0.15) is 0 Å². The number of benzene rings is 1. The number of aryl methyl sites for hydroxylation is 1. The smallest absolute Gasteiger partial charge is 0.253 e. The van der Waals surface area contributed by atoms with Crippen LogP contribution in [0.25, 0.3) is 11.0 Å². The van der Waals surface area contributed by atoms with Gasteiger partial charge in [-0.15, -0.1) is 0 Å². The molecule has 28 heavy (non-hydrogen) atoms. The molecule has 1 amide bonds. The number of carbonyl (C=O) groups excluding carboxylic acids is 1. The molecule has 7 nitrogen and oxygen atoms in total. The summed E-state index contributed by atoms with van der Waals surface area (Å²) < 4.78 is 1.74. The van der Waals surface area contributed by atoms with Crippen LogP contribution in [0.1, 0.15) is 40.3 Å². The fourth-order valence-corrected chi connectivity index (χ4v) is 4.90. The van der Waals surface area contributed by atoms with Crippen LogP contribution in [0.3, 0.4) is 0 Å². The van der Waals surface area contributed by atoms with Crippen molar-refractivity contribution in [1.29, 1.82) is 0 Å². The minimum absolute atomic E-state index is 0.0210. The Morgan fingerprint density at radius 3 is 2.96 bits per heavy atom. The number of imidazole rings is 1. The second kappa shape index (κ2) is 6.31. The number of aliphatic hydroxyl groups is 1. The number of pyridine rings is 1. The molecule has 0 spiro atoms. The molecule has 2 aliphatic heterocycles. The van der Waals surface area contributed by atoms with Crippen LogP contribution < -0.4 is 5.56 Å². The SMILES string of the molecule is Cc1nc2ccc(C(=O)N3C[C@H]4C[C@@H](C3)[C@H](CO)n3c4cccc3=O)cc2[nH]1. The molecular weight excluding hydrogens is 356 g/mol. The molecule has 7 heteroatoms. The number of aliphatic hydroxyl groups excluding tert-OH is 1. The van der Waals surface area contributed by atoms with Crippen LogP contribution in [0, 0.1) is 12.8 Å². The lowest BCUT2D eigenvalue weighted by atomic mass is 9.78. The average Bonchev–Trinajstić information content (AvgIpc) is 3.07. The molecule has 2 aromatic heterocycles. The topological polar surface area (TPSA) is 91.2 Å². The Bertz CT molecular complexity index is 1130. The Kier molecular flexibility index (Phi) is 3.87. The molecule has 1 saturated heterocycles. The van der Waals surface area contributed by atoms with Crippen molar-refractivity contribution >= 4 is 16.9 Å². The monoisotopic (exact) mass is 378 g/mol. The molecular formula is C21H22N4O3. The zero-order valence-electron chi connectivity index (χ0n) is 15.6. The molecule has 0 radical (unpaired) electrons. The van der Waals surface area contributed by atoms with Crippen LogP contribution >= 0.6 is 0 Å². The fraction of sp³-hybridized carbons (Fsp3) is 0.381. The van der Waals surface area contributed by atoms with Gasteiger partial charge < -0.3 is 19.6 Å². The van der Waals surface area contributed by atoms with E-state index in [0.29, 0.717) is 18.7 Å². The number of amides is 1. The number of hydrogen-bond donors (Lipinski definition) is 2. The summed E-state index contributed by atoms with van der Waals surface area (Å²) in [6.07, 6.45) is 0.886. The third-order valence-electron chi connectivity index (χ3n) is 6.12. The van der Waals surface area contributed by atoms with E-state index in [2.05, 4.69) is 9.97 Å². The maximum absolute atomic E-state index is 13.2. The lowest BCUT2D eigenvalue weighted by Gasteiger charge is -2.46. The van der Waals surface area contributed by atoms with Crippen molar-refractivity contribution in [2.24, 2.45) is 5.92 Å². The summed E-state index contributed by atoms with van der Waals surface area (Å²) in [5, 5.41) is 9.96. The van der Waals surface area contributed by atoms with E-state index in [9.17, 15) is 14.7 Å². The third kappa shape index (κ3) is 2.57. The Morgan fingerprint density at radius 2 is 2.14 bits per heavy atom. The van der Waals surface area contributed by atoms with Crippen molar-refractivity contribution in [2.75, 3.05) is 19.7 Å². The Hall–Kier alpha value is -2.93. The number of hydrogen-bond acceptors (Lipinski definition) is 4. The molecule has 3 aromatic rings. The van der Waals surface area contributed by atoms with Crippen LogP contribution in [0.5, 0.6) is 0 Å². The van der Waals surface area contributed by atoms with Crippen LogP contribution in [0.4, 0.5) is 0 Å². The van der Waals surface area contributed by atoms with Crippen molar-refractivity contribution in [3.05, 3.63) is 63.8 Å². The molecule has 0 unspecified atom stereocenters. The lowest BCUT2D eigenvalue weighted by molar-refractivity contribution is 0.0437. The van der Waals surface area contributed by atoms with Gasteiger partial charge in [-0.25, -0.2) is 4.98 Å². The number of H-pyrrole nitrogens is 1. The fourth-order valence-electron chi connectivity index (χ4n) is 4.90. The van der Waals surface area contributed by atoms with E-state index < -0.39 is 0 Å². The van der Waals surface area contributed by atoms with Crippen molar-refractivity contribution in [3.63, 3.8) is 0 Å². The van der Waals surface area contributed by atoms with Gasteiger partial charge in [0, 0.05) is 42.2 Å². The summed E-state index contributed by atoms with van der Waals surface area (Å²) in [4.78, 5) is 35.0. The van der Waals surface area contributed by atoms with Gasteiger partial charge in [-0.05, 0) is 37.6 Å². The van der Waals surface area contributed by atoms with Crippen LogP contribution in [0.2, 0.25) is 0 Å². The number of aromatic nitrogens is 3. The summed E-state index contributed by atoms with van der Waals surface area (Å²) >= 11 is 0. The quantitative estimate of drug-likeness (QED) is 0.712. The van der Waals surface area contributed by atoms with E-state index in [4.69, 9.17) is 0 Å². The number of rotatable bonds is 2. The molecule has 2 N–H and O–H groups in total. The normalized spacial score (nSPS) is 23.6. The van der Waals surface area contributed by atoms with Crippen molar-refractivity contribution in [1.82, 2.24) is 19.4 Å². The largest absolute Gasteiger partial charge is 0.394 e. The molecule has 2 aliphatic rings. The number of carbonyl (C=O) groups is 1. The molecule has 4 heterocycles. The molecule has 144 valence electrons. The highest BCUT2D eigenvalue weighted by Gasteiger charge is 2.41. The van der Waals surface area contributed by atoms with Crippen LogP contribution in [0.15, 0.2) is 41.2 Å². The maximum atomic E-state index is 13.2. The summed E-state index contributed by atoms with van der Waals surface area (Å²) in [5.41, 5.74) is 3.16. The second-order valence-electron chi connectivity index (χ2n) is 7.87. The first-order valence-corrected chi connectivity index (χ1v) is 9.63. The van der Waals surface area contributed by atoms with Crippen molar-refractivity contribution in [2.45, 2.75) is 25.3 Å². The molecule has 5 rings (SSSR count). The summed E-state index contributed by atoms with van der Waals surface area (Å²) in [5.74, 6) is 0.975. The second-order valence-corrected chi connectivity index (χ2v) is 7.87. The van der Waals surface area contributed by atoms with Gasteiger partial charge in [0.1, 0.15) is 5.82 Å². The predicted octanol–water partition coefficient (Wildman–Crippen LogP) is 1.83. The number of likely N-dealkylation sites (tertiary alicyclic amines) is 1. The number of aromatic amines is 1. The number of nitrogens with zero attached hydrogens (tertiary/aromatic N) is 3. The molecule has 1 aromatic carbocycles. The minimum Gasteiger partial charge on any atom is -0.394 e. The maximum Gasteiger partial charge on any atom is 0.253 e. The molecule has 2 bridgehead atoms. The van der Waals surface area contributed by atoms with E-state index in [1.165, 1.54) is 6.07 Å². The van der Waals surface area contributed by atoms with E-state index >= 15 is 0 Å². The number of piperidine rings is 1. The van der Waals surface area contributed by atoms with Gasteiger partial charge in [0.25, 0.3) is 11.5 Å². The Balaban J connectivity index is 1.49. The van der Waals surface area contributed by atoms with Crippen molar-refractivity contribution in [3.8, 4) is 0 Å². The Labute approximate surface area is 161 Å². The van der Waals surface area contributed by atoms with Gasteiger partial charge in [0.05, 0.1) is 23.7 Å². The van der Waals surface area contributed by atoms with Gasteiger partial charge >= 0.3 is 0 Å². The van der Waals surface area contributed by atoms with Crippen LogP contribution in [-0.4, -0.2) is 50.1 Å². The first kappa shape index (κ1) is 17.2. The van der Waals surface area contributed by atoms with Crippen molar-refractivity contribution < 1.29 is 9.90 Å². The van der Waals surface area contributed by atoms with E-state index in [-0.39, 0.29) is 36.0 Å². The predicted molar refractivity (Wildman–Crippen MR) is 104 cm³/mol. The van der Waals surface area contributed by atoms with Gasteiger partial charge in [0.15, 0.2) is 0 Å². The highest BCUT2D eigenvalue weighted by atomic mass is 16.3. The number of nitrogens with one attached hydrogen (secondary N) is 1. The number of fused-ring (bicyclic) bond motifs is 5. The summed E-state index contributed by atoms with van der Waals surface area (Å²) in [6, 6.07) is 10.5. The molecule has 3 atom stereocenters. The van der Waals surface area contributed by atoms with E-state index in [0.717, 1.165) is 29.0 Å².